The van der Waals surface area contributed by atoms with E-state index in [2.05, 4.69) is 39.2 Å². The molecule has 25 heavy (non-hydrogen) atoms. The number of fused-ring (bicyclic) bond motifs is 2. The molecule has 2 bridgehead atoms. The monoisotopic (exact) mass is 348 g/mol. The Morgan fingerprint density at radius 3 is 2.76 bits per heavy atom. The van der Waals surface area contributed by atoms with Gasteiger partial charge in [-0.2, -0.15) is 0 Å². The molecule has 0 radical (unpaired) electrons. The van der Waals surface area contributed by atoms with Crippen LogP contribution in [0.15, 0.2) is 0 Å². The van der Waals surface area contributed by atoms with Crippen molar-refractivity contribution in [3.05, 3.63) is 5.82 Å². The van der Waals surface area contributed by atoms with Crippen molar-refractivity contribution in [2.24, 2.45) is 5.92 Å². The highest BCUT2D eigenvalue weighted by Gasteiger charge is 2.37. The van der Waals surface area contributed by atoms with Gasteiger partial charge in [0, 0.05) is 25.7 Å². The number of carbonyl (C=O) groups excluding carboxylic acids is 1. The Hall–Kier alpha value is -1.54. The second-order valence-electron chi connectivity index (χ2n) is 7.94. The molecular weight excluding hydrogens is 320 g/mol. The highest BCUT2D eigenvalue weighted by molar-refractivity contribution is 5.76. The average molecular weight is 348 g/mol. The Balaban J connectivity index is 1.39. The van der Waals surface area contributed by atoms with E-state index in [1.165, 1.54) is 19.3 Å². The highest BCUT2D eigenvalue weighted by Crippen LogP contribution is 2.35. The van der Waals surface area contributed by atoms with Crippen molar-refractivity contribution in [3.63, 3.8) is 0 Å². The number of hydrogen-bond acceptors (Lipinski definition) is 6. The van der Waals surface area contributed by atoms with E-state index in [1.807, 2.05) is 0 Å². The Bertz CT molecular complexity index is 610. The second-order valence-corrected chi connectivity index (χ2v) is 7.94. The molecule has 138 valence electrons. The van der Waals surface area contributed by atoms with Crippen LogP contribution in [0.2, 0.25) is 0 Å². The Labute approximate surface area is 148 Å². The normalized spacial score (nSPS) is 33.0. The fourth-order valence-corrected chi connectivity index (χ4v) is 4.74. The molecule has 0 spiro atoms. The lowest BCUT2D eigenvalue weighted by Gasteiger charge is -2.34. The maximum absolute atomic E-state index is 12.8. The number of hydrogen-bond donors (Lipinski definition) is 0. The van der Waals surface area contributed by atoms with Crippen LogP contribution >= 0.6 is 0 Å². The number of amides is 1. The predicted octanol–water partition coefficient (Wildman–Crippen LogP) is 0.683. The minimum Gasteiger partial charge on any atom is -0.373 e. The highest BCUT2D eigenvalue weighted by atomic mass is 16.5. The molecule has 3 heterocycles. The Morgan fingerprint density at radius 2 is 2.00 bits per heavy atom. The van der Waals surface area contributed by atoms with E-state index >= 15 is 0 Å². The van der Waals surface area contributed by atoms with Crippen molar-refractivity contribution in [2.75, 3.05) is 19.6 Å². The molecule has 8 heteroatoms. The first-order valence-corrected chi connectivity index (χ1v) is 9.51. The maximum Gasteiger partial charge on any atom is 0.244 e. The van der Waals surface area contributed by atoms with Gasteiger partial charge < -0.3 is 9.64 Å². The largest absolute Gasteiger partial charge is 0.373 e. The van der Waals surface area contributed by atoms with E-state index in [0.29, 0.717) is 18.5 Å². The molecule has 3 fully saturated rings. The van der Waals surface area contributed by atoms with Gasteiger partial charge in [0.2, 0.25) is 5.91 Å². The van der Waals surface area contributed by atoms with Crippen molar-refractivity contribution < 1.29 is 9.53 Å². The predicted molar refractivity (Wildman–Crippen MR) is 90.6 cm³/mol. The molecule has 1 saturated carbocycles. The summed E-state index contributed by atoms with van der Waals surface area (Å²) >= 11 is 0. The third-order valence-electron chi connectivity index (χ3n) is 5.72. The number of aromatic nitrogens is 4. The van der Waals surface area contributed by atoms with E-state index < -0.39 is 0 Å². The van der Waals surface area contributed by atoms with Crippen LogP contribution in [0.5, 0.6) is 0 Å². The van der Waals surface area contributed by atoms with Crippen LogP contribution in [0, 0.1) is 5.92 Å². The summed E-state index contributed by atoms with van der Waals surface area (Å²) in [5.74, 6) is 1.62. The summed E-state index contributed by atoms with van der Waals surface area (Å²) in [5, 5.41) is 12.0. The zero-order valence-electron chi connectivity index (χ0n) is 15.2. The fraction of sp³-hybridized carbons (Fsp3) is 0.882. The molecule has 4 rings (SSSR count). The molecule has 0 unspecified atom stereocenters. The van der Waals surface area contributed by atoms with E-state index in [9.17, 15) is 4.79 Å². The maximum atomic E-state index is 12.8. The first-order valence-electron chi connectivity index (χ1n) is 9.51. The molecule has 0 N–H and O–H groups in total. The van der Waals surface area contributed by atoms with Crippen molar-refractivity contribution in [2.45, 2.75) is 70.9 Å². The summed E-state index contributed by atoms with van der Waals surface area (Å²) in [7, 11) is 0. The summed E-state index contributed by atoms with van der Waals surface area (Å²) in [6.07, 6.45) is 5.26. The molecule has 1 aromatic heterocycles. The quantitative estimate of drug-likeness (QED) is 0.797. The third kappa shape index (κ3) is 3.69. The lowest BCUT2D eigenvalue weighted by Crippen LogP contribution is -2.45. The van der Waals surface area contributed by atoms with Crippen LogP contribution in [0.4, 0.5) is 0 Å². The van der Waals surface area contributed by atoms with Crippen LogP contribution < -0.4 is 0 Å². The SMILES string of the molecule is C[C@@H]1CN(Cc2nnnn2CC(=O)N2C[C@H]3CCC[C@@H]2C3)C[C@H](C)O1. The van der Waals surface area contributed by atoms with Crippen LogP contribution in [0.3, 0.4) is 0 Å². The molecule has 8 nitrogen and oxygen atoms in total. The van der Waals surface area contributed by atoms with Crippen LogP contribution in [0.1, 0.15) is 45.4 Å². The first-order chi connectivity index (χ1) is 12.1. The van der Waals surface area contributed by atoms with Crippen LogP contribution in [0.25, 0.3) is 0 Å². The summed E-state index contributed by atoms with van der Waals surface area (Å²) in [6, 6.07) is 0.437. The van der Waals surface area contributed by atoms with E-state index in [-0.39, 0.29) is 24.7 Å². The molecule has 1 aromatic rings. The summed E-state index contributed by atoms with van der Waals surface area (Å²) in [5.41, 5.74) is 0. The third-order valence-corrected chi connectivity index (χ3v) is 5.72. The van der Waals surface area contributed by atoms with E-state index in [0.717, 1.165) is 31.9 Å². The van der Waals surface area contributed by atoms with Crippen molar-refractivity contribution in [1.29, 1.82) is 0 Å². The molecule has 3 aliphatic rings. The molecule has 1 aliphatic carbocycles. The number of ether oxygens (including phenoxy) is 1. The van der Waals surface area contributed by atoms with Gasteiger partial charge in [-0.1, -0.05) is 6.42 Å². The van der Waals surface area contributed by atoms with E-state index in [4.69, 9.17) is 4.74 Å². The smallest absolute Gasteiger partial charge is 0.244 e. The van der Waals surface area contributed by atoms with Gasteiger partial charge in [-0.3, -0.25) is 9.69 Å². The molecule has 2 saturated heterocycles. The van der Waals surface area contributed by atoms with Gasteiger partial charge in [-0.15, -0.1) is 5.10 Å². The van der Waals surface area contributed by atoms with Crippen molar-refractivity contribution in [1.82, 2.24) is 30.0 Å². The van der Waals surface area contributed by atoms with Gasteiger partial charge in [-0.25, -0.2) is 4.68 Å². The lowest BCUT2D eigenvalue weighted by molar-refractivity contribution is -0.133. The van der Waals surface area contributed by atoms with Gasteiger partial charge >= 0.3 is 0 Å². The van der Waals surface area contributed by atoms with Crippen molar-refractivity contribution >= 4 is 5.91 Å². The molecule has 0 aromatic carbocycles. The van der Waals surface area contributed by atoms with Crippen LogP contribution in [-0.2, 0) is 22.6 Å². The number of carbonyl (C=O) groups is 1. The fourth-order valence-electron chi connectivity index (χ4n) is 4.74. The number of likely N-dealkylation sites (tertiary alicyclic amines) is 1. The molecular formula is C17H28N6O2. The average Bonchev–Trinajstić information content (AvgIpc) is 3.10. The van der Waals surface area contributed by atoms with E-state index in [1.54, 1.807) is 4.68 Å². The molecule has 1 amide bonds. The summed E-state index contributed by atoms with van der Waals surface area (Å²) < 4.78 is 7.45. The minimum atomic E-state index is 0.159. The number of nitrogens with zero attached hydrogens (tertiary/aromatic N) is 6. The summed E-state index contributed by atoms with van der Waals surface area (Å²) in [4.78, 5) is 17.2. The zero-order valence-corrected chi connectivity index (χ0v) is 15.2. The van der Waals surface area contributed by atoms with Crippen molar-refractivity contribution in [3.8, 4) is 0 Å². The Morgan fingerprint density at radius 1 is 1.20 bits per heavy atom. The second kappa shape index (κ2) is 6.99. The van der Waals surface area contributed by atoms with Gasteiger partial charge in [0.1, 0.15) is 6.54 Å². The van der Waals surface area contributed by atoms with Gasteiger partial charge in [0.25, 0.3) is 0 Å². The van der Waals surface area contributed by atoms with Gasteiger partial charge in [0.05, 0.1) is 18.8 Å². The number of morpholine rings is 1. The van der Waals surface area contributed by atoms with Gasteiger partial charge in [-0.05, 0) is 49.5 Å². The van der Waals surface area contributed by atoms with Gasteiger partial charge in [0.15, 0.2) is 5.82 Å². The topological polar surface area (TPSA) is 76.4 Å². The number of rotatable bonds is 4. The van der Waals surface area contributed by atoms with Crippen LogP contribution in [-0.4, -0.2) is 73.8 Å². The molecule has 4 atom stereocenters. The minimum absolute atomic E-state index is 0.159. The zero-order chi connectivity index (χ0) is 17.4. The summed E-state index contributed by atoms with van der Waals surface area (Å²) in [6.45, 7) is 7.72. The Kier molecular flexibility index (Phi) is 4.73. The molecule has 2 aliphatic heterocycles. The first kappa shape index (κ1) is 16.9. The number of tetrazole rings is 1. The lowest BCUT2D eigenvalue weighted by atomic mass is 9.90. The standard InChI is InChI=1S/C17H28N6O2/c1-12-7-21(8-13(2)25-12)10-16-18-19-20-23(16)11-17(24)22-9-14-4-3-5-15(22)6-14/h12-15H,3-11H2,1-2H3/t12-,13+,14-,15+/m0/s1.